The van der Waals surface area contributed by atoms with E-state index < -0.39 is 0 Å². The van der Waals surface area contributed by atoms with Crippen molar-refractivity contribution < 1.29 is 9.47 Å². The molecule has 0 aliphatic heterocycles. The van der Waals surface area contributed by atoms with Crippen LogP contribution in [0.15, 0.2) is 12.5 Å². The molecule has 0 bridgehead atoms. The van der Waals surface area contributed by atoms with E-state index in [-0.39, 0.29) is 0 Å². The van der Waals surface area contributed by atoms with Crippen LogP contribution in [0.1, 0.15) is 13.8 Å². The highest BCUT2D eigenvalue weighted by Gasteiger charge is 1.97. The summed E-state index contributed by atoms with van der Waals surface area (Å²) in [5.74, 6) is 0.608. The van der Waals surface area contributed by atoms with Crippen LogP contribution < -0.4 is 0 Å². The lowest BCUT2D eigenvalue weighted by atomic mass is 10.7. The summed E-state index contributed by atoms with van der Waals surface area (Å²) in [6.45, 7) is 8.12. The Hall–Kier alpha value is -0.700. The Labute approximate surface area is 69.6 Å². The van der Waals surface area contributed by atoms with E-state index in [1.54, 1.807) is 19.1 Å². The van der Waals surface area contributed by atoms with Gasteiger partial charge >= 0.3 is 0 Å². The summed E-state index contributed by atoms with van der Waals surface area (Å²) in [6, 6.07) is 0. The van der Waals surface area contributed by atoms with Gasteiger partial charge < -0.3 is 14.4 Å². The van der Waals surface area contributed by atoms with E-state index in [4.69, 9.17) is 9.47 Å². The van der Waals surface area contributed by atoms with Gasteiger partial charge in [-0.05, 0) is 6.58 Å². The van der Waals surface area contributed by atoms with Crippen molar-refractivity contribution in [3.63, 3.8) is 0 Å². The van der Waals surface area contributed by atoms with Gasteiger partial charge in [0.2, 0.25) is 0 Å². The summed E-state index contributed by atoms with van der Waals surface area (Å²) in [7, 11) is 5.04. The Balaban J connectivity index is 0. The lowest BCUT2D eigenvalue weighted by Crippen LogP contribution is -2.20. The molecule has 0 aromatic heterocycles. The molecular formula is C8H19NO2. The van der Waals surface area contributed by atoms with Gasteiger partial charge in [0.25, 0.3) is 0 Å². The van der Waals surface area contributed by atoms with Crippen molar-refractivity contribution in [1.29, 1.82) is 0 Å². The Bertz CT molecular complexity index is 94.1. The highest BCUT2D eigenvalue weighted by atomic mass is 16.5. The maximum absolute atomic E-state index is 4.82. The number of ether oxygens (including phenoxy) is 2. The fraction of sp³-hybridized carbons (Fsp3) is 0.750. The van der Waals surface area contributed by atoms with Crippen molar-refractivity contribution in [2.45, 2.75) is 13.8 Å². The highest BCUT2D eigenvalue weighted by Crippen LogP contribution is 1.96. The van der Waals surface area contributed by atoms with Crippen LogP contribution in [0.3, 0.4) is 0 Å². The number of nitrogens with zero attached hydrogens (tertiary/aromatic N) is 1. The molecule has 0 atom stereocenters. The normalized spacial score (nSPS) is 7.73. The number of rotatable bonds is 4. The third kappa shape index (κ3) is 7.19. The van der Waals surface area contributed by atoms with Crippen LogP contribution in [0.2, 0.25) is 0 Å². The zero-order valence-corrected chi connectivity index (χ0v) is 8.18. The molecule has 0 fully saturated rings. The van der Waals surface area contributed by atoms with Gasteiger partial charge in [0.15, 0.2) is 5.88 Å². The predicted octanol–water partition coefficient (Wildman–Crippen LogP) is 1.67. The van der Waals surface area contributed by atoms with Gasteiger partial charge in [-0.25, -0.2) is 0 Å². The highest BCUT2D eigenvalue weighted by molar-refractivity contribution is 4.77. The molecule has 3 nitrogen and oxygen atoms in total. The number of hydrogen-bond acceptors (Lipinski definition) is 3. The summed E-state index contributed by atoms with van der Waals surface area (Å²) in [4.78, 5) is 1.76. The first-order chi connectivity index (χ1) is 5.22. The summed E-state index contributed by atoms with van der Waals surface area (Å²) >= 11 is 0. The molecule has 0 amide bonds. The third-order valence-corrected chi connectivity index (χ3v) is 0.984. The molecule has 3 heteroatoms. The maximum Gasteiger partial charge on any atom is 0.183 e. The lowest BCUT2D eigenvalue weighted by molar-refractivity contribution is 0.0580. The Morgan fingerprint density at radius 2 is 1.82 bits per heavy atom. The van der Waals surface area contributed by atoms with Crippen molar-refractivity contribution in [1.82, 2.24) is 4.90 Å². The Morgan fingerprint density at radius 1 is 1.36 bits per heavy atom. The van der Waals surface area contributed by atoms with Gasteiger partial charge in [0, 0.05) is 14.2 Å². The zero-order chi connectivity index (χ0) is 9.28. The average Bonchev–Trinajstić information content (AvgIpc) is 2.07. The minimum Gasteiger partial charge on any atom is -0.483 e. The van der Waals surface area contributed by atoms with Gasteiger partial charge in [0.1, 0.15) is 6.73 Å². The van der Waals surface area contributed by atoms with E-state index in [9.17, 15) is 0 Å². The van der Waals surface area contributed by atoms with E-state index in [2.05, 4.69) is 6.58 Å². The van der Waals surface area contributed by atoms with Gasteiger partial charge in [-0.1, -0.05) is 13.8 Å². The second-order valence-electron chi connectivity index (χ2n) is 1.71. The summed E-state index contributed by atoms with van der Waals surface area (Å²) in [5.41, 5.74) is 0. The molecule has 68 valence electrons. The summed E-state index contributed by atoms with van der Waals surface area (Å²) in [6.07, 6.45) is 0. The number of methoxy groups -OCH3 is 2. The Morgan fingerprint density at radius 3 is 2.09 bits per heavy atom. The quantitative estimate of drug-likeness (QED) is 0.462. The van der Waals surface area contributed by atoms with Gasteiger partial charge in [-0.15, -0.1) is 0 Å². The predicted molar refractivity (Wildman–Crippen MR) is 47.1 cm³/mol. The molecule has 0 rings (SSSR count). The van der Waals surface area contributed by atoms with E-state index in [0.29, 0.717) is 12.6 Å². The molecule has 0 spiro atoms. The first-order valence-corrected chi connectivity index (χ1v) is 3.65. The molecule has 0 aliphatic carbocycles. The smallest absolute Gasteiger partial charge is 0.183 e. The van der Waals surface area contributed by atoms with Crippen LogP contribution in [-0.2, 0) is 9.47 Å². The lowest BCUT2D eigenvalue weighted by Gasteiger charge is -2.17. The SMILES string of the molecule is C=C(OC)N(C)COC.CC. The van der Waals surface area contributed by atoms with Gasteiger partial charge in [-0.3, -0.25) is 0 Å². The average molecular weight is 161 g/mol. The topological polar surface area (TPSA) is 21.7 Å². The second kappa shape index (κ2) is 9.30. The van der Waals surface area contributed by atoms with Crippen LogP contribution in [0.25, 0.3) is 0 Å². The molecule has 11 heavy (non-hydrogen) atoms. The monoisotopic (exact) mass is 161 g/mol. The fourth-order valence-corrected chi connectivity index (χ4v) is 0.421. The van der Waals surface area contributed by atoms with Crippen LogP contribution in [0.4, 0.5) is 0 Å². The second-order valence-corrected chi connectivity index (χ2v) is 1.71. The maximum atomic E-state index is 4.82. The minimum absolute atomic E-state index is 0.507. The van der Waals surface area contributed by atoms with Gasteiger partial charge in [0.05, 0.1) is 7.11 Å². The van der Waals surface area contributed by atoms with Crippen molar-refractivity contribution in [2.24, 2.45) is 0 Å². The van der Waals surface area contributed by atoms with Crippen LogP contribution in [0, 0.1) is 0 Å². The molecule has 0 N–H and O–H groups in total. The van der Waals surface area contributed by atoms with Gasteiger partial charge in [-0.2, -0.15) is 0 Å². The van der Waals surface area contributed by atoms with Crippen molar-refractivity contribution >= 4 is 0 Å². The third-order valence-electron chi connectivity index (χ3n) is 0.984. The van der Waals surface area contributed by atoms with Crippen LogP contribution in [-0.4, -0.2) is 32.9 Å². The van der Waals surface area contributed by atoms with E-state index in [1.807, 2.05) is 20.9 Å². The molecule has 0 aromatic carbocycles. The van der Waals surface area contributed by atoms with Crippen molar-refractivity contribution in [3.05, 3.63) is 12.5 Å². The van der Waals surface area contributed by atoms with Crippen LogP contribution >= 0.6 is 0 Å². The zero-order valence-electron chi connectivity index (χ0n) is 8.18. The largest absolute Gasteiger partial charge is 0.483 e. The molecular weight excluding hydrogens is 142 g/mol. The molecule has 0 saturated carbocycles. The summed E-state index contributed by atoms with van der Waals surface area (Å²) < 4.78 is 9.63. The first kappa shape index (κ1) is 12.9. The molecule has 0 unspecified atom stereocenters. The van der Waals surface area contributed by atoms with E-state index in [0.717, 1.165) is 0 Å². The Kier molecular flexibility index (Phi) is 10.9. The van der Waals surface area contributed by atoms with Crippen molar-refractivity contribution in [2.75, 3.05) is 28.0 Å². The molecule has 0 aliphatic rings. The molecule has 0 heterocycles. The molecule has 0 saturated heterocycles. The van der Waals surface area contributed by atoms with Crippen LogP contribution in [0.5, 0.6) is 0 Å². The fourth-order valence-electron chi connectivity index (χ4n) is 0.421. The first-order valence-electron chi connectivity index (χ1n) is 3.65. The molecule has 0 radical (unpaired) electrons. The van der Waals surface area contributed by atoms with Crippen molar-refractivity contribution in [3.8, 4) is 0 Å². The molecule has 0 aromatic rings. The minimum atomic E-state index is 0.507. The number of hydrogen-bond donors (Lipinski definition) is 0. The standard InChI is InChI=1S/C6H13NO2.C2H6/c1-6(9-4)7(2)5-8-3;1-2/h1,5H2,2-4H3;1-2H3. The van der Waals surface area contributed by atoms with E-state index in [1.165, 1.54) is 0 Å². The van der Waals surface area contributed by atoms with E-state index >= 15 is 0 Å². The summed E-state index contributed by atoms with van der Waals surface area (Å²) in [5, 5.41) is 0.